The zero-order chi connectivity index (χ0) is 21.6. The van der Waals surface area contributed by atoms with Crippen molar-refractivity contribution in [3.63, 3.8) is 0 Å². The van der Waals surface area contributed by atoms with Crippen molar-refractivity contribution >= 4 is 12.1 Å². The van der Waals surface area contributed by atoms with Crippen molar-refractivity contribution < 1.29 is 14.3 Å². The van der Waals surface area contributed by atoms with E-state index in [2.05, 4.69) is 25.5 Å². The van der Waals surface area contributed by atoms with Crippen LogP contribution in [0.3, 0.4) is 0 Å². The zero-order valence-electron chi connectivity index (χ0n) is 18.6. The normalized spacial score (nSPS) is 20.3. The van der Waals surface area contributed by atoms with Gasteiger partial charge in [0, 0.05) is 38.4 Å². The third-order valence-corrected chi connectivity index (χ3v) is 5.29. The summed E-state index contributed by atoms with van der Waals surface area (Å²) >= 11 is 0. The number of likely N-dealkylation sites (tertiary alicyclic amines) is 1. The Kier molecular flexibility index (Phi) is 7.39. The van der Waals surface area contributed by atoms with E-state index in [-0.39, 0.29) is 18.2 Å². The van der Waals surface area contributed by atoms with Crippen molar-refractivity contribution in [3.05, 3.63) is 23.9 Å². The number of nitrogens with one attached hydrogen (secondary N) is 2. The van der Waals surface area contributed by atoms with Gasteiger partial charge < -0.3 is 25.0 Å². The number of ether oxygens (including phenoxy) is 2. The van der Waals surface area contributed by atoms with E-state index >= 15 is 0 Å². The first-order chi connectivity index (χ1) is 14.3. The van der Waals surface area contributed by atoms with Crippen LogP contribution in [0.4, 0.5) is 4.79 Å². The van der Waals surface area contributed by atoms with Gasteiger partial charge in [0.1, 0.15) is 11.7 Å². The van der Waals surface area contributed by atoms with Gasteiger partial charge in [0.05, 0.1) is 6.04 Å². The second-order valence-electron chi connectivity index (χ2n) is 8.97. The van der Waals surface area contributed by atoms with Crippen LogP contribution in [-0.2, 0) is 11.3 Å². The molecular weight excluding hydrogens is 382 g/mol. The van der Waals surface area contributed by atoms with E-state index < -0.39 is 5.60 Å². The third kappa shape index (κ3) is 6.50. The summed E-state index contributed by atoms with van der Waals surface area (Å²) in [5, 5.41) is 6.37. The smallest absolute Gasteiger partial charge is 0.407 e. The van der Waals surface area contributed by atoms with Crippen molar-refractivity contribution in [2.75, 3.05) is 20.1 Å². The average Bonchev–Trinajstić information content (AvgIpc) is 3.34. The van der Waals surface area contributed by atoms with Gasteiger partial charge in [0.25, 0.3) is 0 Å². The number of aliphatic imine (C=N–C) groups is 1. The molecule has 1 atom stereocenters. The number of carbonyl (C=O) groups is 1. The maximum Gasteiger partial charge on any atom is 0.407 e. The lowest BCUT2D eigenvalue weighted by Crippen LogP contribution is -2.44. The molecule has 166 valence electrons. The van der Waals surface area contributed by atoms with Crippen LogP contribution in [0.5, 0.6) is 5.88 Å². The van der Waals surface area contributed by atoms with Crippen molar-refractivity contribution in [1.82, 2.24) is 20.5 Å². The molecule has 1 aromatic rings. The first-order valence-electron chi connectivity index (χ1n) is 10.9. The number of alkyl carbamates (subject to hydrolysis) is 1. The van der Waals surface area contributed by atoms with E-state index in [0.29, 0.717) is 19.0 Å². The Hall–Kier alpha value is -2.51. The summed E-state index contributed by atoms with van der Waals surface area (Å²) in [6.07, 6.45) is 7.18. The molecule has 0 spiro atoms. The standard InChI is InChI=1S/C22H35N5O3/c1-22(2,3)30-21(28)26-17-11-13-27(15-17)20(23-4)25-14-16-8-7-12-24-19(16)29-18-9-5-6-10-18/h7-8,12,17-18H,5-6,9-11,13-15H2,1-4H3,(H,23,25)(H,26,28). The maximum absolute atomic E-state index is 12.0. The zero-order valence-corrected chi connectivity index (χ0v) is 18.6. The summed E-state index contributed by atoms with van der Waals surface area (Å²) in [4.78, 5) is 23.0. The number of guanidine groups is 1. The molecule has 2 fully saturated rings. The third-order valence-electron chi connectivity index (χ3n) is 5.29. The summed E-state index contributed by atoms with van der Waals surface area (Å²) in [7, 11) is 1.77. The molecule has 1 saturated heterocycles. The number of hydrogen-bond donors (Lipinski definition) is 2. The first-order valence-corrected chi connectivity index (χ1v) is 10.9. The Labute approximate surface area is 179 Å². The number of amides is 1. The van der Waals surface area contributed by atoms with E-state index in [4.69, 9.17) is 9.47 Å². The Morgan fingerprint density at radius 1 is 1.30 bits per heavy atom. The SMILES string of the molecule is CN=C(NCc1cccnc1OC1CCCC1)N1CCC(NC(=O)OC(C)(C)C)C1. The van der Waals surface area contributed by atoms with E-state index in [1.807, 2.05) is 32.9 Å². The topological polar surface area (TPSA) is 88.1 Å². The van der Waals surface area contributed by atoms with Crippen LogP contribution >= 0.6 is 0 Å². The highest BCUT2D eigenvalue weighted by atomic mass is 16.6. The molecule has 8 nitrogen and oxygen atoms in total. The van der Waals surface area contributed by atoms with Crippen LogP contribution in [-0.4, -0.2) is 59.8 Å². The highest BCUT2D eigenvalue weighted by Gasteiger charge is 2.28. The summed E-state index contributed by atoms with van der Waals surface area (Å²) < 4.78 is 11.5. The van der Waals surface area contributed by atoms with E-state index in [1.165, 1.54) is 12.8 Å². The van der Waals surface area contributed by atoms with Gasteiger partial charge in [-0.2, -0.15) is 0 Å². The molecule has 1 amide bonds. The Morgan fingerprint density at radius 3 is 2.77 bits per heavy atom. The van der Waals surface area contributed by atoms with Crippen LogP contribution in [0.1, 0.15) is 58.4 Å². The molecule has 0 radical (unpaired) electrons. The van der Waals surface area contributed by atoms with Gasteiger partial charge in [-0.1, -0.05) is 6.07 Å². The molecule has 2 N–H and O–H groups in total. The monoisotopic (exact) mass is 417 g/mol. The number of rotatable bonds is 5. The Balaban J connectivity index is 1.51. The van der Waals surface area contributed by atoms with E-state index in [9.17, 15) is 4.79 Å². The molecule has 2 heterocycles. The largest absolute Gasteiger partial charge is 0.474 e. The van der Waals surface area contributed by atoms with Crippen LogP contribution in [0, 0.1) is 0 Å². The molecule has 8 heteroatoms. The lowest BCUT2D eigenvalue weighted by molar-refractivity contribution is 0.0507. The summed E-state index contributed by atoms with van der Waals surface area (Å²) in [5.74, 6) is 1.51. The molecule has 30 heavy (non-hydrogen) atoms. The van der Waals surface area contributed by atoms with Crippen molar-refractivity contribution in [2.45, 2.75) is 77.2 Å². The highest BCUT2D eigenvalue weighted by molar-refractivity contribution is 5.80. The summed E-state index contributed by atoms with van der Waals surface area (Å²) in [6, 6.07) is 4.00. The number of carbonyl (C=O) groups excluding carboxylic acids is 1. The van der Waals surface area contributed by atoms with Crippen LogP contribution < -0.4 is 15.4 Å². The second kappa shape index (κ2) is 10.00. The molecule has 0 bridgehead atoms. The number of hydrogen-bond acceptors (Lipinski definition) is 5. The fourth-order valence-corrected chi connectivity index (χ4v) is 3.88. The first kappa shape index (κ1) is 22.2. The average molecular weight is 418 g/mol. The quantitative estimate of drug-likeness (QED) is 0.565. The highest BCUT2D eigenvalue weighted by Crippen LogP contribution is 2.25. The van der Waals surface area contributed by atoms with E-state index in [1.54, 1.807) is 13.2 Å². The second-order valence-corrected chi connectivity index (χ2v) is 8.97. The molecule has 1 aromatic heterocycles. The predicted molar refractivity (Wildman–Crippen MR) is 117 cm³/mol. The van der Waals surface area contributed by atoms with Crippen molar-refractivity contribution in [3.8, 4) is 5.88 Å². The molecule has 1 aliphatic heterocycles. The minimum atomic E-state index is -0.498. The Morgan fingerprint density at radius 2 is 2.07 bits per heavy atom. The Bertz CT molecular complexity index is 741. The summed E-state index contributed by atoms with van der Waals surface area (Å²) in [6.45, 7) is 7.69. The van der Waals surface area contributed by atoms with Gasteiger partial charge in [-0.25, -0.2) is 9.78 Å². The molecule has 2 aliphatic rings. The van der Waals surface area contributed by atoms with Gasteiger partial charge >= 0.3 is 6.09 Å². The molecular formula is C22H35N5O3. The lowest BCUT2D eigenvalue weighted by atomic mass is 10.2. The van der Waals surface area contributed by atoms with Crippen LogP contribution in [0.25, 0.3) is 0 Å². The van der Waals surface area contributed by atoms with Gasteiger partial charge in [0.15, 0.2) is 5.96 Å². The molecule has 3 rings (SSSR count). The molecule has 1 saturated carbocycles. The van der Waals surface area contributed by atoms with Crippen LogP contribution in [0.15, 0.2) is 23.3 Å². The van der Waals surface area contributed by atoms with Gasteiger partial charge in [-0.3, -0.25) is 4.99 Å². The fraction of sp³-hybridized carbons (Fsp3) is 0.682. The molecule has 1 aliphatic carbocycles. The predicted octanol–water partition coefficient (Wildman–Crippen LogP) is 3.08. The van der Waals surface area contributed by atoms with Crippen LogP contribution in [0.2, 0.25) is 0 Å². The van der Waals surface area contributed by atoms with Gasteiger partial charge in [-0.15, -0.1) is 0 Å². The number of aromatic nitrogens is 1. The van der Waals surface area contributed by atoms with Gasteiger partial charge in [0.2, 0.25) is 5.88 Å². The summed E-state index contributed by atoms with van der Waals surface area (Å²) in [5.41, 5.74) is 0.523. The van der Waals surface area contributed by atoms with E-state index in [0.717, 1.165) is 37.3 Å². The maximum atomic E-state index is 12.0. The molecule has 0 aromatic carbocycles. The van der Waals surface area contributed by atoms with Crippen molar-refractivity contribution in [1.29, 1.82) is 0 Å². The fourth-order valence-electron chi connectivity index (χ4n) is 3.88. The minimum Gasteiger partial charge on any atom is -0.474 e. The molecule has 1 unspecified atom stereocenters. The van der Waals surface area contributed by atoms with Gasteiger partial charge in [-0.05, 0) is 58.9 Å². The number of pyridine rings is 1. The van der Waals surface area contributed by atoms with Crippen molar-refractivity contribution in [2.24, 2.45) is 4.99 Å². The lowest BCUT2D eigenvalue weighted by Gasteiger charge is -2.24. The number of nitrogens with zero attached hydrogens (tertiary/aromatic N) is 3. The minimum absolute atomic E-state index is 0.0399.